The lowest BCUT2D eigenvalue weighted by molar-refractivity contribution is 0.959. The predicted octanol–water partition coefficient (Wildman–Crippen LogP) is 5.43. The SMILES string of the molecule is CCc1ccccc1NCc1cccc(CNc2ccccc2CC)n1. The highest BCUT2D eigenvalue weighted by Crippen LogP contribution is 2.18. The van der Waals surface area contributed by atoms with Crippen LogP contribution in [0.3, 0.4) is 0 Å². The van der Waals surface area contributed by atoms with Gasteiger partial charge < -0.3 is 10.6 Å². The number of nitrogens with one attached hydrogen (secondary N) is 2. The third-order valence-electron chi connectivity index (χ3n) is 4.58. The van der Waals surface area contributed by atoms with Crippen molar-refractivity contribution < 1.29 is 0 Å². The highest BCUT2D eigenvalue weighted by molar-refractivity contribution is 5.52. The van der Waals surface area contributed by atoms with Crippen molar-refractivity contribution in [2.24, 2.45) is 0 Å². The highest BCUT2D eigenvalue weighted by Gasteiger charge is 2.03. The molecule has 0 aliphatic heterocycles. The molecule has 26 heavy (non-hydrogen) atoms. The minimum Gasteiger partial charge on any atom is -0.379 e. The molecule has 0 atom stereocenters. The molecule has 0 saturated carbocycles. The number of para-hydroxylation sites is 2. The van der Waals surface area contributed by atoms with Crippen molar-refractivity contribution in [3.63, 3.8) is 0 Å². The molecule has 0 radical (unpaired) electrons. The molecule has 3 heteroatoms. The Morgan fingerprint density at radius 1 is 0.615 bits per heavy atom. The standard InChI is InChI=1S/C23H27N3/c1-3-18-10-5-7-14-22(18)24-16-20-12-9-13-21(26-20)17-25-23-15-8-6-11-19(23)4-2/h5-15,24-25H,3-4,16-17H2,1-2H3. The monoisotopic (exact) mass is 345 g/mol. The van der Waals surface area contributed by atoms with E-state index in [1.165, 1.54) is 22.5 Å². The van der Waals surface area contributed by atoms with Crippen LogP contribution in [0, 0.1) is 0 Å². The van der Waals surface area contributed by atoms with Crippen LogP contribution in [0.2, 0.25) is 0 Å². The van der Waals surface area contributed by atoms with Gasteiger partial charge in [-0.3, -0.25) is 4.98 Å². The van der Waals surface area contributed by atoms with E-state index in [1.54, 1.807) is 0 Å². The van der Waals surface area contributed by atoms with Gasteiger partial charge in [0.25, 0.3) is 0 Å². The minimum absolute atomic E-state index is 0.733. The molecule has 1 heterocycles. The quantitative estimate of drug-likeness (QED) is 0.571. The second-order valence-electron chi connectivity index (χ2n) is 6.35. The summed E-state index contributed by atoms with van der Waals surface area (Å²) < 4.78 is 0. The number of hydrogen-bond donors (Lipinski definition) is 2. The van der Waals surface area contributed by atoms with E-state index in [1.807, 2.05) is 0 Å². The topological polar surface area (TPSA) is 37.0 Å². The maximum atomic E-state index is 4.79. The van der Waals surface area contributed by atoms with Crippen molar-refractivity contribution in [1.82, 2.24) is 4.98 Å². The van der Waals surface area contributed by atoms with Crippen molar-refractivity contribution >= 4 is 11.4 Å². The first-order chi connectivity index (χ1) is 12.8. The number of pyridine rings is 1. The van der Waals surface area contributed by atoms with Gasteiger partial charge in [0.15, 0.2) is 0 Å². The van der Waals surface area contributed by atoms with Crippen LogP contribution < -0.4 is 10.6 Å². The number of aryl methyl sites for hydroxylation is 2. The molecule has 0 amide bonds. The fourth-order valence-electron chi connectivity index (χ4n) is 3.10. The molecule has 3 aromatic rings. The van der Waals surface area contributed by atoms with E-state index in [0.29, 0.717) is 0 Å². The molecule has 0 fully saturated rings. The van der Waals surface area contributed by atoms with Crippen molar-refractivity contribution in [1.29, 1.82) is 0 Å². The summed E-state index contributed by atoms with van der Waals surface area (Å²) in [6.45, 7) is 5.82. The van der Waals surface area contributed by atoms with Crippen LogP contribution >= 0.6 is 0 Å². The van der Waals surface area contributed by atoms with Crippen LogP contribution in [0.15, 0.2) is 66.7 Å². The molecule has 0 bridgehead atoms. The van der Waals surface area contributed by atoms with Gasteiger partial charge in [0, 0.05) is 11.4 Å². The van der Waals surface area contributed by atoms with Gasteiger partial charge in [-0.05, 0) is 48.2 Å². The summed E-state index contributed by atoms with van der Waals surface area (Å²) in [5, 5.41) is 7.03. The van der Waals surface area contributed by atoms with Crippen molar-refractivity contribution in [3.8, 4) is 0 Å². The summed E-state index contributed by atoms with van der Waals surface area (Å²) in [7, 11) is 0. The summed E-state index contributed by atoms with van der Waals surface area (Å²) in [5.74, 6) is 0. The fraction of sp³-hybridized carbons (Fsp3) is 0.261. The van der Waals surface area contributed by atoms with Crippen LogP contribution in [0.25, 0.3) is 0 Å². The Hall–Kier alpha value is -2.81. The molecule has 3 nitrogen and oxygen atoms in total. The molecule has 3 rings (SSSR count). The molecule has 0 unspecified atom stereocenters. The number of aromatic nitrogens is 1. The Morgan fingerprint density at radius 3 is 1.54 bits per heavy atom. The van der Waals surface area contributed by atoms with Gasteiger partial charge >= 0.3 is 0 Å². The van der Waals surface area contributed by atoms with Gasteiger partial charge in [-0.25, -0.2) is 0 Å². The molecule has 0 saturated heterocycles. The molecule has 2 aromatic carbocycles. The second kappa shape index (κ2) is 9.04. The molecule has 0 aliphatic carbocycles. The van der Waals surface area contributed by atoms with Crippen LogP contribution in [-0.2, 0) is 25.9 Å². The number of hydrogen-bond acceptors (Lipinski definition) is 3. The van der Waals surface area contributed by atoms with Crippen molar-refractivity contribution in [2.75, 3.05) is 10.6 Å². The van der Waals surface area contributed by atoms with E-state index in [9.17, 15) is 0 Å². The van der Waals surface area contributed by atoms with Gasteiger partial charge in [0.2, 0.25) is 0 Å². The van der Waals surface area contributed by atoms with E-state index in [0.717, 1.165) is 37.3 Å². The maximum absolute atomic E-state index is 4.79. The first kappa shape index (κ1) is 18.0. The molecule has 134 valence electrons. The predicted molar refractivity (Wildman–Crippen MR) is 111 cm³/mol. The summed E-state index contributed by atoms with van der Waals surface area (Å²) in [6.07, 6.45) is 2.05. The number of rotatable bonds is 8. The lowest BCUT2D eigenvalue weighted by Gasteiger charge is -2.12. The molecule has 0 spiro atoms. The highest BCUT2D eigenvalue weighted by atomic mass is 14.9. The molecular formula is C23H27N3. The Bertz CT molecular complexity index is 775. The summed E-state index contributed by atoms with van der Waals surface area (Å²) in [4.78, 5) is 4.79. The summed E-state index contributed by atoms with van der Waals surface area (Å²) >= 11 is 0. The Balaban J connectivity index is 1.63. The third kappa shape index (κ3) is 4.63. The van der Waals surface area contributed by atoms with Crippen molar-refractivity contribution in [3.05, 3.63) is 89.2 Å². The Morgan fingerprint density at radius 2 is 1.08 bits per heavy atom. The Kier molecular flexibility index (Phi) is 6.26. The zero-order valence-electron chi connectivity index (χ0n) is 15.6. The summed E-state index contributed by atoms with van der Waals surface area (Å²) in [6, 6.07) is 23.1. The molecular weight excluding hydrogens is 318 g/mol. The minimum atomic E-state index is 0.733. The lowest BCUT2D eigenvalue weighted by Crippen LogP contribution is -2.08. The van der Waals surface area contributed by atoms with Gasteiger partial charge in [0.05, 0.1) is 24.5 Å². The largest absolute Gasteiger partial charge is 0.379 e. The first-order valence-electron chi connectivity index (χ1n) is 9.38. The normalized spacial score (nSPS) is 10.5. The van der Waals surface area contributed by atoms with Crippen LogP contribution in [-0.4, -0.2) is 4.98 Å². The average molecular weight is 345 g/mol. The molecule has 0 aliphatic rings. The zero-order chi connectivity index (χ0) is 18.2. The third-order valence-corrected chi connectivity index (χ3v) is 4.58. The Labute approximate surface area is 156 Å². The lowest BCUT2D eigenvalue weighted by atomic mass is 10.1. The number of anilines is 2. The second-order valence-corrected chi connectivity index (χ2v) is 6.35. The van der Waals surface area contributed by atoms with E-state index in [2.05, 4.69) is 91.2 Å². The zero-order valence-corrected chi connectivity index (χ0v) is 15.6. The molecule has 1 aromatic heterocycles. The van der Waals surface area contributed by atoms with Crippen molar-refractivity contribution in [2.45, 2.75) is 39.8 Å². The van der Waals surface area contributed by atoms with Gasteiger partial charge in [-0.1, -0.05) is 56.3 Å². The van der Waals surface area contributed by atoms with E-state index < -0.39 is 0 Å². The van der Waals surface area contributed by atoms with E-state index >= 15 is 0 Å². The van der Waals surface area contributed by atoms with Crippen LogP contribution in [0.1, 0.15) is 36.4 Å². The first-order valence-corrected chi connectivity index (χ1v) is 9.38. The van der Waals surface area contributed by atoms with Crippen LogP contribution in [0.5, 0.6) is 0 Å². The van der Waals surface area contributed by atoms with Crippen LogP contribution in [0.4, 0.5) is 11.4 Å². The van der Waals surface area contributed by atoms with Gasteiger partial charge in [-0.15, -0.1) is 0 Å². The summed E-state index contributed by atoms with van der Waals surface area (Å²) in [5.41, 5.74) is 7.16. The number of benzene rings is 2. The average Bonchev–Trinajstić information content (AvgIpc) is 2.71. The van der Waals surface area contributed by atoms with Gasteiger partial charge in [0.1, 0.15) is 0 Å². The van der Waals surface area contributed by atoms with E-state index in [-0.39, 0.29) is 0 Å². The van der Waals surface area contributed by atoms with E-state index in [4.69, 9.17) is 4.98 Å². The fourth-order valence-corrected chi connectivity index (χ4v) is 3.10. The molecule has 2 N–H and O–H groups in total. The van der Waals surface area contributed by atoms with Gasteiger partial charge in [-0.2, -0.15) is 0 Å². The smallest absolute Gasteiger partial charge is 0.0598 e. The maximum Gasteiger partial charge on any atom is 0.0598 e. The number of nitrogens with zero attached hydrogens (tertiary/aromatic N) is 1.